The van der Waals surface area contributed by atoms with Gasteiger partial charge in [0.25, 0.3) is 5.91 Å². The monoisotopic (exact) mass is 316 g/mol. The van der Waals surface area contributed by atoms with Crippen molar-refractivity contribution in [2.24, 2.45) is 0 Å². The highest BCUT2D eigenvalue weighted by atomic mass is 16.5. The Kier molecular flexibility index (Phi) is 5.42. The van der Waals surface area contributed by atoms with Gasteiger partial charge in [-0.3, -0.25) is 4.79 Å². The smallest absolute Gasteiger partial charge is 0.291 e. The Morgan fingerprint density at radius 1 is 1.39 bits per heavy atom. The molecule has 0 aliphatic carbocycles. The summed E-state index contributed by atoms with van der Waals surface area (Å²) in [7, 11) is 3.44. The van der Waals surface area contributed by atoms with E-state index in [2.05, 4.69) is 4.98 Å². The summed E-state index contributed by atoms with van der Waals surface area (Å²) in [5.74, 6) is 1.62. The molecule has 0 saturated heterocycles. The number of amides is 1. The lowest BCUT2D eigenvalue weighted by molar-refractivity contribution is 0.0708. The number of benzene rings is 1. The number of carbonyl (C=O) groups excluding carboxylic acids is 1. The fraction of sp³-hybridized carbons (Fsp3) is 0.444. The van der Waals surface area contributed by atoms with Crippen LogP contribution < -0.4 is 4.74 Å². The predicted octanol–water partition coefficient (Wildman–Crippen LogP) is 3.26. The molecule has 1 aromatic carbocycles. The number of oxazole rings is 1. The van der Waals surface area contributed by atoms with E-state index in [0.717, 1.165) is 11.3 Å². The highest BCUT2D eigenvalue weighted by Crippen LogP contribution is 2.21. The van der Waals surface area contributed by atoms with Gasteiger partial charge in [-0.25, -0.2) is 4.98 Å². The molecular formula is C18H24N2O3. The van der Waals surface area contributed by atoms with Gasteiger partial charge in [-0.15, -0.1) is 0 Å². The Balaban J connectivity index is 2.13. The summed E-state index contributed by atoms with van der Waals surface area (Å²) in [6.07, 6.45) is 1.38. The molecule has 0 unspecified atom stereocenters. The normalized spacial score (nSPS) is 12.0. The summed E-state index contributed by atoms with van der Waals surface area (Å²) in [4.78, 5) is 18.6. The molecule has 2 rings (SSSR count). The zero-order valence-electron chi connectivity index (χ0n) is 14.4. The first-order valence-electron chi connectivity index (χ1n) is 7.83. The van der Waals surface area contributed by atoms with Crippen LogP contribution in [0.25, 0.3) is 0 Å². The molecule has 0 aliphatic rings. The number of methoxy groups -OCH3 is 1. The van der Waals surface area contributed by atoms with Gasteiger partial charge in [-0.1, -0.05) is 25.1 Å². The quantitative estimate of drug-likeness (QED) is 0.821. The molecule has 2 aromatic rings. The van der Waals surface area contributed by atoms with Gasteiger partial charge < -0.3 is 14.1 Å². The molecular weight excluding hydrogens is 292 g/mol. The Morgan fingerprint density at radius 2 is 2.09 bits per heavy atom. The average Bonchev–Trinajstić information content (AvgIpc) is 2.94. The summed E-state index contributed by atoms with van der Waals surface area (Å²) in [6.45, 7) is 5.76. The minimum absolute atomic E-state index is 0.00776. The van der Waals surface area contributed by atoms with Crippen molar-refractivity contribution in [2.75, 3.05) is 14.2 Å². The second-order valence-corrected chi connectivity index (χ2v) is 5.66. The van der Waals surface area contributed by atoms with Crippen molar-refractivity contribution >= 4 is 5.91 Å². The first kappa shape index (κ1) is 17.1. The van der Waals surface area contributed by atoms with Crippen LogP contribution in [-0.2, 0) is 12.8 Å². The van der Waals surface area contributed by atoms with Gasteiger partial charge in [-0.05, 0) is 31.9 Å². The lowest BCUT2D eigenvalue weighted by atomic mass is 10.0. The summed E-state index contributed by atoms with van der Waals surface area (Å²) >= 11 is 0. The summed E-state index contributed by atoms with van der Waals surface area (Å²) in [6, 6.07) is 7.86. The third kappa shape index (κ3) is 3.73. The van der Waals surface area contributed by atoms with Crippen molar-refractivity contribution in [1.82, 2.24) is 9.88 Å². The van der Waals surface area contributed by atoms with Gasteiger partial charge in [0.2, 0.25) is 5.76 Å². The van der Waals surface area contributed by atoms with Crippen molar-refractivity contribution in [3.05, 3.63) is 47.2 Å². The third-order valence-electron chi connectivity index (χ3n) is 4.03. The van der Waals surface area contributed by atoms with Crippen LogP contribution in [0.15, 0.2) is 28.7 Å². The molecule has 0 fully saturated rings. The Morgan fingerprint density at radius 3 is 2.70 bits per heavy atom. The molecule has 23 heavy (non-hydrogen) atoms. The number of aryl methyl sites for hydroxylation is 2. The Hall–Kier alpha value is -2.30. The van der Waals surface area contributed by atoms with Crippen LogP contribution in [0.5, 0.6) is 5.75 Å². The van der Waals surface area contributed by atoms with Crippen LogP contribution in [0.1, 0.15) is 41.6 Å². The number of ether oxygens (including phenoxy) is 1. The van der Waals surface area contributed by atoms with Gasteiger partial charge in [0, 0.05) is 19.5 Å². The van der Waals surface area contributed by atoms with Gasteiger partial charge in [0.05, 0.1) is 12.8 Å². The highest BCUT2D eigenvalue weighted by molar-refractivity contribution is 5.92. The number of hydrogen-bond donors (Lipinski definition) is 0. The first-order chi connectivity index (χ1) is 11.0. The van der Waals surface area contributed by atoms with E-state index in [1.54, 1.807) is 26.0 Å². The Labute approximate surface area is 137 Å². The second kappa shape index (κ2) is 7.31. The van der Waals surface area contributed by atoms with Crippen molar-refractivity contribution in [2.45, 2.75) is 39.7 Å². The molecule has 0 bridgehead atoms. The van der Waals surface area contributed by atoms with Crippen LogP contribution in [0.2, 0.25) is 0 Å². The topological polar surface area (TPSA) is 55.6 Å². The van der Waals surface area contributed by atoms with Gasteiger partial charge >= 0.3 is 0 Å². The maximum atomic E-state index is 12.6. The van der Waals surface area contributed by atoms with E-state index in [1.807, 2.05) is 38.1 Å². The van der Waals surface area contributed by atoms with E-state index in [0.29, 0.717) is 30.2 Å². The van der Waals surface area contributed by atoms with Gasteiger partial charge in [0.1, 0.15) is 5.75 Å². The molecule has 0 aliphatic heterocycles. The van der Waals surface area contributed by atoms with Crippen LogP contribution in [0.4, 0.5) is 0 Å². The minimum atomic E-state index is -0.142. The van der Waals surface area contributed by atoms with E-state index < -0.39 is 0 Å². The van der Waals surface area contributed by atoms with Crippen LogP contribution in [0, 0.1) is 6.92 Å². The molecule has 1 amide bonds. The molecule has 0 radical (unpaired) electrons. The van der Waals surface area contributed by atoms with Crippen LogP contribution in [0.3, 0.4) is 0 Å². The van der Waals surface area contributed by atoms with Crippen LogP contribution in [-0.4, -0.2) is 36.0 Å². The largest absolute Gasteiger partial charge is 0.496 e. The minimum Gasteiger partial charge on any atom is -0.496 e. The number of carbonyl (C=O) groups is 1. The lowest BCUT2D eigenvalue weighted by Crippen LogP contribution is -2.36. The van der Waals surface area contributed by atoms with Crippen molar-refractivity contribution in [1.29, 1.82) is 0 Å². The summed E-state index contributed by atoms with van der Waals surface area (Å²) < 4.78 is 10.9. The number of hydrogen-bond acceptors (Lipinski definition) is 4. The third-order valence-corrected chi connectivity index (χ3v) is 4.03. The van der Waals surface area contributed by atoms with Crippen molar-refractivity contribution in [3.63, 3.8) is 0 Å². The maximum Gasteiger partial charge on any atom is 0.291 e. The summed E-state index contributed by atoms with van der Waals surface area (Å²) in [5, 5.41) is 0. The zero-order chi connectivity index (χ0) is 17.0. The van der Waals surface area contributed by atoms with Gasteiger partial charge in [-0.2, -0.15) is 0 Å². The first-order valence-corrected chi connectivity index (χ1v) is 7.83. The van der Waals surface area contributed by atoms with E-state index in [4.69, 9.17) is 9.15 Å². The number of likely N-dealkylation sites (N-methyl/N-ethyl adjacent to an activating group) is 1. The predicted molar refractivity (Wildman–Crippen MR) is 88.9 cm³/mol. The fourth-order valence-electron chi connectivity index (χ4n) is 2.49. The van der Waals surface area contributed by atoms with E-state index in [1.165, 1.54) is 0 Å². The molecule has 1 aromatic heterocycles. The second-order valence-electron chi connectivity index (χ2n) is 5.66. The number of aromatic nitrogens is 1. The van der Waals surface area contributed by atoms with E-state index >= 15 is 0 Å². The van der Waals surface area contributed by atoms with E-state index in [9.17, 15) is 4.79 Å². The zero-order valence-corrected chi connectivity index (χ0v) is 14.4. The molecule has 5 nitrogen and oxygen atoms in total. The maximum absolute atomic E-state index is 12.6. The number of para-hydroxylation sites is 1. The van der Waals surface area contributed by atoms with Crippen molar-refractivity contribution in [3.8, 4) is 5.75 Å². The molecule has 5 heteroatoms. The number of nitrogens with zero attached hydrogens (tertiary/aromatic N) is 2. The molecule has 0 N–H and O–H groups in total. The molecule has 1 heterocycles. The summed E-state index contributed by atoms with van der Waals surface area (Å²) in [5.41, 5.74) is 1.72. The molecule has 0 spiro atoms. The van der Waals surface area contributed by atoms with Crippen LogP contribution >= 0.6 is 0 Å². The Bertz CT molecular complexity index is 679. The number of rotatable bonds is 6. The molecule has 1 atom stereocenters. The van der Waals surface area contributed by atoms with E-state index in [-0.39, 0.29) is 11.9 Å². The molecule has 124 valence electrons. The standard InChI is InChI=1S/C18H24N2O3/c1-6-16-19-13(3)17(23-16)18(21)20(4)12(2)11-14-9-7-8-10-15(14)22-5/h7-10,12H,6,11H2,1-5H3/t12-/m1/s1. The SMILES string of the molecule is CCc1nc(C)c(C(=O)N(C)[C@H](C)Cc2ccccc2OC)o1. The fourth-order valence-corrected chi connectivity index (χ4v) is 2.49. The molecule has 0 saturated carbocycles. The lowest BCUT2D eigenvalue weighted by Gasteiger charge is -2.25. The van der Waals surface area contributed by atoms with Crippen molar-refractivity contribution < 1.29 is 13.9 Å². The highest BCUT2D eigenvalue weighted by Gasteiger charge is 2.24. The van der Waals surface area contributed by atoms with Gasteiger partial charge in [0.15, 0.2) is 5.89 Å². The average molecular weight is 316 g/mol.